The van der Waals surface area contributed by atoms with Gasteiger partial charge in [0, 0.05) is 6.61 Å². The number of unbranched alkanes of at least 4 members (excludes halogenated alkanes) is 29. The van der Waals surface area contributed by atoms with E-state index in [1.807, 2.05) is 0 Å². The van der Waals surface area contributed by atoms with Gasteiger partial charge in [-0.2, -0.15) is 0 Å². The SMILES string of the molecule is CCCCCCCCCCCCCCCCCCCCCCCCCCCCCCCCOCCOCCOCCOCCOCCOCCO. The Kier molecular flexibility index (Phi) is 49.4. The first-order valence-corrected chi connectivity index (χ1v) is 22.5. The van der Waals surface area contributed by atoms with Crippen LogP contribution in [-0.2, 0) is 28.4 Å². The molecule has 0 aromatic rings. The van der Waals surface area contributed by atoms with Crippen LogP contribution in [0.3, 0.4) is 0 Å². The van der Waals surface area contributed by atoms with E-state index in [2.05, 4.69) is 6.92 Å². The molecule has 0 aliphatic heterocycles. The number of aliphatic hydroxyl groups excluding tert-OH is 1. The molecule has 0 radical (unpaired) electrons. The predicted octanol–water partition coefficient (Wildman–Crippen LogP) is 11.8. The number of aliphatic hydroxyl groups is 1. The second kappa shape index (κ2) is 49.7. The standard InChI is InChI=1S/C44H90O7/c1-2-3-4-5-6-7-8-9-10-11-12-13-14-15-16-17-18-19-20-21-22-23-24-25-26-27-28-29-30-31-33-46-35-37-48-39-41-50-43-44-51-42-40-49-38-36-47-34-32-45/h45H,2-44H2,1H3. The monoisotopic (exact) mass is 731 g/mol. The lowest BCUT2D eigenvalue weighted by Crippen LogP contribution is -2.14. The fourth-order valence-corrected chi connectivity index (χ4v) is 6.49. The van der Waals surface area contributed by atoms with Gasteiger partial charge in [0.2, 0.25) is 0 Å². The highest BCUT2D eigenvalue weighted by molar-refractivity contribution is 4.52. The molecular weight excluding hydrogens is 640 g/mol. The van der Waals surface area contributed by atoms with E-state index >= 15 is 0 Å². The zero-order chi connectivity index (χ0) is 36.6. The maximum Gasteiger partial charge on any atom is 0.0701 e. The van der Waals surface area contributed by atoms with Gasteiger partial charge in [-0.1, -0.05) is 193 Å². The van der Waals surface area contributed by atoms with Crippen molar-refractivity contribution in [1.82, 2.24) is 0 Å². The Balaban J connectivity index is 3.04. The van der Waals surface area contributed by atoms with Crippen molar-refractivity contribution < 1.29 is 33.5 Å². The van der Waals surface area contributed by atoms with Crippen molar-refractivity contribution in [2.75, 3.05) is 85.9 Å². The Labute approximate surface area is 318 Å². The molecule has 0 aliphatic carbocycles. The molecule has 51 heavy (non-hydrogen) atoms. The van der Waals surface area contributed by atoms with E-state index in [0.717, 1.165) is 13.0 Å². The van der Waals surface area contributed by atoms with Gasteiger partial charge in [0.1, 0.15) is 0 Å². The molecule has 0 saturated carbocycles. The molecule has 0 atom stereocenters. The Morgan fingerprint density at radius 1 is 0.216 bits per heavy atom. The van der Waals surface area contributed by atoms with E-state index in [4.69, 9.17) is 33.5 Å². The van der Waals surface area contributed by atoms with Crippen LogP contribution in [0.15, 0.2) is 0 Å². The summed E-state index contributed by atoms with van der Waals surface area (Å²) in [5.41, 5.74) is 0. The number of ether oxygens (including phenoxy) is 6. The Morgan fingerprint density at radius 2 is 0.392 bits per heavy atom. The highest BCUT2D eigenvalue weighted by Gasteiger charge is 1.98. The first kappa shape index (κ1) is 50.7. The van der Waals surface area contributed by atoms with E-state index in [-0.39, 0.29) is 6.61 Å². The minimum Gasteiger partial charge on any atom is -0.394 e. The predicted molar refractivity (Wildman–Crippen MR) is 216 cm³/mol. The van der Waals surface area contributed by atoms with E-state index in [0.29, 0.717) is 72.7 Å². The van der Waals surface area contributed by atoms with Crippen LogP contribution in [-0.4, -0.2) is 91.0 Å². The van der Waals surface area contributed by atoms with Crippen molar-refractivity contribution in [3.05, 3.63) is 0 Å². The third-order valence-corrected chi connectivity index (χ3v) is 9.74. The molecular formula is C44H90O7. The summed E-state index contributed by atoms with van der Waals surface area (Å²) in [6, 6.07) is 0. The quantitative estimate of drug-likeness (QED) is 0.0625. The number of hydrogen-bond acceptors (Lipinski definition) is 7. The van der Waals surface area contributed by atoms with Crippen molar-refractivity contribution in [2.24, 2.45) is 0 Å². The Morgan fingerprint density at radius 3 is 0.608 bits per heavy atom. The minimum atomic E-state index is 0.0434. The molecule has 0 saturated heterocycles. The zero-order valence-corrected chi connectivity index (χ0v) is 34.3. The first-order valence-electron chi connectivity index (χ1n) is 22.5. The Hall–Kier alpha value is -0.280. The lowest BCUT2D eigenvalue weighted by atomic mass is 10.0. The van der Waals surface area contributed by atoms with E-state index in [9.17, 15) is 0 Å². The summed E-state index contributed by atoms with van der Waals surface area (Å²) < 4.78 is 32.7. The average molecular weight is 731 g/mol. The van der Waals surface area contributed by atoms with Gasteiger partial charge in [-0.25, -0.2) is 0 Å². The lowest BCUT2D eigenvalue weighted by molar-refractivity contribution is -0.0182. The third-order valence-electron chi connectivity index (χ3n) is 9.74. The maximum absolute atomic E-state index is 8.60. The maximum atomic E-state index is 8.60. The molecule has 0 unspecified atom stereocenters. The average Bonchev–Trinajstić information content (AvgIpc) is 3.14. The fourth-order valence-electron chi connectivity index (χ4n) is 6.49. The molecule has 7 heteroatoms. The molecule has 0 amide bonds. The normalized spacial score (nSPS) is 11.6. The molecule has 0 bridgehead atoms. The number of rotatable bonds is 48. The smallest absolute Gasteiger partial charge is 0.0701 e. The summed E-state index contributed by atoms with van der Waals surface area (Å²) in [6.07, 6.45) is 43.1. The van der Waals surface area contributed by atoms with Gasteiger partial charge in [0.15, 0.2) is 0 Å². The molecule has 0 aliphatic rings. The van der Waals surface area contributed by atoms with Crippen LogP contribution in [0.5, 0.6) is 0 Å². The molecule has 0 spiro atoms. The van der Waals surface area contributed by atoms with Crippen LogP contribution in [0, 0.1) is 0 Å². The van der Waals surface area contributed by atoms with E-state index in [1.54, 1.807) is 0 Å². The van der Waals surface area contributed by atoms with Crippen molar-refractivity contribution in [3.8, 4) is 0 Å². The molecule has 308 valence electrons. The number of hydrogen-bond donors (Lipinski definition) is 1. The van der Waals surface area contributed by atoms with Crippen LogP contribution in [0.25, 0.3) is 0 Å². The van der Waals surface area contributed by atoms with E-state index in [1.165, 1.54) is 186 Å². The van der Waals surface area contributed by atoms with Crippen LogP contribution in [0.1, 0.15) is 200 Å². The molecule has 0 aromatic carbocycles. The van der Waals surface area contributed by atoms with Gasteiger partial charge < -0.3 is 33.5 Å². The summed E-state index contributed by atoms with van der Waals surface area (Å²) >= 11 is 0. The molecule has 0 heterocycles. The second-order valence-electron chi connectivity index (χ2n) is 14.7. The zero-order valence-electron chi connectivity index (χ0n) is 34.3. The highest BCUT2D eigenvalue weighted by Crippen LogP contribution is 2.16. The van der Waals surface area contributed by atoms with Crippen LogP contribution in [0.2, 0.25) is 0 Å². The summed E-state index contributed by atoms with van der Waals surface area (Å²) in [5, 5.41) is 8.60. The van der Waals surface area contributed by atoms with Gasteiger partial charge in [-0.3, -0.25) is 0 Å². The second-order valence-corrected chi connectivity index (χ2v) is 14.7. The molecule has 0 rings (SSSR count). The molecule has 0 fully saturated rings. The van der Waals surface area contributed by atoms with Crippen LogP contribution in [0.4, 0.5) is 0 Å². The minimum absolute atomic E-state index is 0.0434. The van der Waals surface area contributed by atoms with Gasteiger partial charge in [-0.15, -0.1) is 0 Å². The summed E-state index contributed by atoms with van der Waals surface area (Å²) in [4.78, 5) is 0. The first-order chi connectivity index (χ1) is 25.4. The molecule has 0 aromatic heterocycles. The van der Waals surface area contributed by atoms with E-state index < -0.39 is 0 Å². The summed E-state index contributed by atoms with van der Waals surface area (Å²) in [7, 11) is 0. The van der Waals surface area contributed by atoms with Gasteiger partial charge in [0.05, 0.1) is 79.3 Å². The van der Waals surface area contributed by atoms with Crippen molar-refractivity contribution in [3.63, 3.8) is 0 Å². The van der Waals surface area contributed by atoms with Crippen LogP contribution >= 0.6 is 0 Å². The highest BCUT2D eigenvalue weighted by atomic mass is 16.6. The van der Waals surface area contributed by atoms with Crippen molar-refractivity contribution in [1.29, 1.82) is 0 Å². The third kappa shape index (κ3) is 49.7. The molecule has 1 N–H and O–H groups in total. The topological polar surface area (TPSA) is 75.6 Å². The summed E-state index contributed by atoms with van der Waals surface area (Å²) in [5.74, 6) is 0. The summed E-state index contributed by atoms with van der Waals surface area (Å²) in [6.45, 7) is 9.17. The van der Waals surface area contributed by atoms with Gasteiger partial charge >= 0.3 is 0 Å². The van der Waals surface area contributed by atoms with Gasteiger partial charge in [0.25, 0.3) is 0 Å². The van der Waals surface area contributed by atoms with Crippen LogP contribution < -0.4 is 0 Å². The van der Waals surface area contributed by atoms with Crippen molar-refractivity contribution >= 4 is 0 Å². The fraction of sp³-hybridized carbons (Fsp3) is 1.00. The Bertz CT molecular complexity index is 532. The molecule has 7 nitrogen and oxygen atoms in total. The van der Waals surface area contributed by atoms with Crippen molar-refractivity contribution in [2.45, 2.75) is 200 Å². The van der Waals surface area contributed by atoms with Gasteiger partial charge in [-0.05, 0) is 6.42 Å². The largest absolute Gasteiger partial charge is 0.394 e. The lowest BCUT2D eigenvalue weighted by Gasteiger charge is -2.08.